The SMILES string of the molecule is CNC(=O)c1ccc(C)c(Nc2ncnc(NCC(C)(C)C)c2Br)c1. The van der Waals surface area contributed by atoms with Gasteiger partial charge in [0.15, 0.2) is 0 Å². The fraction of sp³-hybridized carbons (Fsp3) is 0.389. The molecule has 1 aromatic heterocycles. The van der Waals surface area contributed by atoms with E-state index < -0.39 is 0 Å². The molecule has 0 aliphatic carbocycles. The Labute approximate surface area is 157 Å². The van der Waals surface area contributed by atoms with Crippen LogP contribution in [0.3, 0.4) is 0 Å². The third-order valence-electron chi connectivity index (χ3n) is 3.56. The fourth-order valence-corrected chi connectivity index (χ4v) is 2.54. The highest BCUT2D eigenvalue weighted by molar-refractivity contribution is 9.10. The van der Waals surface area contributed by atoms with Gasteiger partial charge < -0.3 is 16.0 Å². The minimum atomic E-state index is -0.127. The highest BCUT2D eigenvalue weighted by Gasteiger charge is 2.14. The van der Waals surface area contributed by atoms with Crippen LogP contribution in [-0.2, 0) is 0 Å². The van der Waals surface area contributed by atoms with Crippen LogP contribution in [-0.4, -0.2) is 29.5 Å². The lowest BCUT2D eigenvalue weighted by Gasteiger charge is -2.20. The number of hydrogen-bond acceptors (Lipinski definition) is 5. The number of carbonyl (C=O) groups excluding carboxylic acids is 1. The van der Waals surface area contributed by atoms with Gasteiger partial charge in [0.25, 0.3) is 5.91 Å². The molecule has 2 rings (SSSR count). The topological polar surface area (TPSA) is 78.9 Å². The molecule has 25 heavy (non-hydrogen) atoms. The lowest BCUT2D eigenvalue weighted by molar-refractivity contribution is 0.0963. The van der Waals surface area contributed by atoms with E-state index in [9.17, 15) is 4.79 Å². The van der Waals surface area contributed by atoms with Crippen molar-refractivity contribution in [3.63, 3.8) is 0 Å². The van der Waals surface area contributed by atoms with E-state index in [2.05, 4.69) is 62.6 Å². The molecular weight excluding hydrogens is 382 g/mol. The molecule has 134 valence electrons. The molecule has 0 fully saturated rings. The first kappa shape index (κ1) is 19.2. The average molecular weight is 406 g/mol. The Morgan fingerprint density at radius 3 is 2.52 bits per heavy atom. The first-order valence-electron chi connectivity index (χ1n) is 8.05. The summed E-state index contributed by atoms with van der Waals surface area (Å²) >= 11 is 3.56. The van der Waals surface area contributed by atoms with Gasteiger partial charge in [0.2, 0.25) is 0 Å². The summed E-state index contributed by atoms with van der Waals surface area (Å²) in [6.45, 7) is 9.22. The number of aromatic nitrogens is 2. The summed E-state index contributed by atoms with van der Waals surface area (Å²) < 4.78 is 0.754. The zero-order valence-electron chi connectivity index (χ0n) is 15.2. The smallest absolute Gasteiger partial charge is 0.251 e. The highest BCUT2D eigenvalue weighted by atomic mass is 79.9. The van der Waals surface area contributed by atoms with Crippen molar-refractivity contribution < 1.29 is 4.79 Å². The molecule has 6 nitrogen and oxygen atoms in total. The van der Waals surface area contributed by atoms with Crippen molar-refractivity contribution in [3.8, 4) is 0 Å². The monoisotopic (exact) mass is 405 g/mol. The van der Waals surface area contributed by atoms with E-state index >= 15 is 0 Å². The number of rotatable bonds is 5. The van der Waals surface area contributed by atoms with Gasteiger partial charge in [-0.15, -0.1) is 0 Å². The van der Waals surface area contributed by atoms with E-state index in [1.807, 2.05) is 19.1 Å². The molecule has 0 spiro atoms. The van der Waals surface area contributed by atoms with Crippen molar-refractivity contribution >= 4 is 39.2 Å². The molecule has 0 unspecified atom stereocenters. The van der Waals surface area contributed by atoms with Gasteiger partial charge in [0.05, 0.1) is 0 Å². The number of aryl methyl sites for hydroxylation is 1. The zero-order chi connectivity index (χ0) is 18.6. The average Bonchev–Trinajstić information content (AvgIpc) is 2.56. The van der Waals surface area contributed by atoms with Crippen molar-refractivity contribution in [1.29, 1.82) is 0 Å². The predicted molar refractivity (Wildman–Crippen MR) is 106 cm³/mol. The molecule has 7 heteroatoms. The summed E-state index contributed by atoms with van der Waals surface area (Å²) in [5.74, 6) is 1.24. The molecule has 0 saturated heterocycles. The van der Waals surface area contributed by atoms with Crippen molar-refractivity contribution in [2.45, 2.75) is 27.7 Å². The molecule has 0 saturated carbocycles. The standard InChI is InChI=1S/C18H24BrN5O/c1-11-6-7-12(17(25)20-5)8-13(11)24-16-14(19)15(22-10-23-16)21-9-18(2,3)4/h6-8,10H,9H2,1-5H3,(H,20,25)(H2,21,22,23,24). The highest BCUT2D eigenvalue weighted by Crippen LogP contribution is 2.31. The van der Waals surface area contributed by atoms with E-state index in [0.29, 0.717) is 11.4 Å². The number of anilines is 3. The van der Waals surface area contributed by atoms with Crippen LogP contribution in [0.5, 0.6) is 0 Å². The minimum absolute atomic E-state index is 0.127. The molecule has 3 N–H and O–H groups in total. The third kappa shape index (κ3) is 5.16. The lowest BCUT2D eigenvalue weighted by atomic mass is 9.97. The normalized spacial score (nSPS) is 11.1. The van der Waals surface area contributed by atoms with Gasteiger partial charge in [0.1, 0.15) is 22.4 Å². The summed E-state index contributed by atoms with van der Waals surface area (Å²) in [7, 11) is 1.61. The van der Waals surface area contributed by atoms with Crippen LogP contribution in [0.15, 0.2) is 29.0 Å². The second kappa shape index (κ2) is 7.82. The number of halogens is 1. The Bertz CT molecular complexity index is 771. The van der Waals surface area contributed by atoms with Crippen molar-refractivity contribution in [3.05, 3.63) is 40.1 Å². The molecule has 0 aliphatic rings. The number of amides is 1. The summed E-state index contributed by atoms with van der Waals surface area (Å²) in [4.78, 5) is 20.4. The number of benzene rings is 1. The maximum Gasteiger partial charge on any atom is 0.251 e. The van der Waals surface area contributed by atoms with Crippen molar-refractivity contribution in [2.75, 3.05) is 24.2 Å². The summed E-state index contributed by atoms with van der Waals surface area (Å²) in [5, 5.41) is 9.24. The molecule has 1 heterocycles. The van der Waals surface area contributed by atoms with Gasteiger partial charge in [-0.25, -0.2) is 9.97 Å². The maximum atomic E-state index is 11.8. The van der Waals surface area contributed by atoms with Crippen LogP contribution >= 0.6 is 15.9 Å². The quantitative estimate of drug-likeness (QED) is 0.697. The molecule has 0 radical (unpaired) electrons. The number of carbonyl (C=O) groups is 1. The first-order valence-corrected chi connectivity index (χ1v) is 8.84. The molecule has 0 aliphatic heterocycles. The van der Waals surface area contributed by atoms with Gasteiger partial charge in [0, 0.05) is 24.8 Å². The van der Waals surface area contributed by atoms with E-state index in [1.54, 1.807) is 13.1 Å². The molecule has 0 atom stereocenters. The van der Waals surface area contributed by atoms with E-state index in [0.717, 1.165) is 28.1 Å². The Kier molecular flexibility index (Phi) is 6.00. The summed E-state index contributed by atoms with van der Waals surface area (Å²) in [6, 6.07) is 5.51. The van der Waals surface area contributed by atoms with Crippen LogP contribution in [0, 0.1) is 12.3 Å². The largest absolute Gasteiger partial charge is 0.368 e. The van der Waals surface area contributed by atoms with Crippen LogP contribution in [0.4, 0.5) is 17.3 Å². The van der Waals surface area contributed by atoms with E-state index in [1.165, 1.54) is 6.33 Å². The van der Waals surface area contributed by atoms with E-state index in [-0.39, 0.29) is 11.3 Å². The van der Waals surface area contributed by atoms with Gasteiger partial charge in [-0.05, 0) is 46.0 Å². The summed E-state index contributed by atoms with van der Waals surface area (Å²) in [5.41, 5.74) is 2.56. The molecular formula is C18H24BrN5O. The Morgan fingerprint density at radius 1 is 1.20 bits per heavy atom. The van der Waals surface area contributed by atoms with Gasteiger partial charge >= 0.3 is 0 Å². The van der Waals surface area contributed by atoms with Crippen LogP contribution in [0.2, 0.25) is 0 Å². The Hall–Kier alpha value is -2.15. The lowest BCUT2D eigenvalue weighted by Crippen LogP contribution is -2.20. The minimum Gasteiger partial charge on any atom is -0.368 e. The molecule has 0 bridgehead atoms. The zero-order valence-corrected chi connectivity index (χ0v) is 16.8. The predicted octanol–water partition coefficient (Wildman–Crippen LogP) is 4.11. The fourth-order valence-electron chi connectivity index (χ4n) is 2.10. The van der Waals surface area contributed by atoms with Gasteiger partial charge in [-0.3, -0.25) is 4.79 Å². The first-order chi connectivity index (χ1) is 11.7. The number of nitrogens with zero attached hydrogens (tertiary/aromatic N) is 2. The van der Waals surface area contributed by atoms with Crippen LogP contribution < -0.4 is 16.0 Å². The van der Waals surface area contributed by atoms with Crippen molar-refractivity contribution in [1.82, 2.24) is 15.3 Å². The van der Waals surface area contributed by atoms with Crippen molar-refractivity contribution in [2.24, 2.45) is 5.41 Å². The molecule has 1 aromatic carbocycles. The number of nitrogens with one attached hydrogen (secondary N) is 3. The Balaban J connectivity index is 2.27. The molecule has 2 aromatic rings. The maximum absolute atomic E-state index is 11.8. The van der Waals surface area contributed by atoms with Crippen LogP contribution in [0.25, 0.3) is 0 Å². The third-order valence-corrected chi connectivity index (χ3v) is 4.31. The number of hydrogen-bond donors (Lipinski definition) is 3. The van der Waals surface area contributed by atoms with E-state index in [4.69, 9.17) is 0 Å². The second-order valence-electron chi connectivity index (χ2n) is 7.03. The Morgan fingerprint density at radius 2 is 1.88 bits per heavy atom. The second-order valence-corrected chi connectivity index (χ2v) is 7.83. The van der Waals surface area contributed by atoms with Gasteiger partial charge in [-0.2, -0.15) is 0 Å². The summed E-state index contributed by atoms with van der Waals surface area (Å²) in [6.07, 6.45) is 1.51. The van der Waals surface area contributed by atoms with Gasteiger partial charge in [-0.1, -0.05) is 26.8 Å². The van der Waals surface area contributed by atoms with Crippen LogP contribution in [0.1, 0.15) is 36.7 Å². The molecule has 1 amide bonds.